The van der Waals surface area contributed by atoms with E-state index in [-0.39, 0.29) is 17.8 Å². The van der Waals surface area contributed by atoms with Crippen LogP contribution in [0.25, 0.3) is 0 Å². The summed E-state index contributed by atoms with van der Waals surface area (Å²) in [5.74, 6) is -1.11. The van der Waals surface area contributed by atoms with Crippen molar-refractivity contribution in [2.24, 2.45) is 0 Å². The summed E-state index contributed by atoms with van der Waals surface area (Å²) in [6.45, 7) is 5.44. The number of pyridine rings is 1. The molecule has 6 heteroatoms. The van der Waals surface area contributed by atoms with Gasteiger partial charge in [0, 0.05) is 12.4 Å². The number of benzene rings is 1. The van der Waals surface area contributed by atoms with E-state index in [9.17, 15) is 14.7 Å². The number of anilines is 1. The third-order valence-electron chi connectivity index (χ3n) is 3.10. The van der Waals surface area contributed by atoms with E-state index in [0.29, 0.717) is 0 Å². The highest BCUT2D eigenvalue weighted by Crippen LogP contribution is 2.25. The van der Waals surface area contributed by atoms with Crippen LogP contribution in [0.3, 0.4) is 0 Å². The Balaban J connectivity index is 2.43. The number of amides is 1. The van der Waals surface area contributed by atoms with Crippen molar-refractivity contribution in [1.29, 1.82) is 0 Å². The quantitative estimate of drug-likeness (QED) is 0.925. The lowest BCUT2D eigenvalue weighted by Gasteiger charge is -2.28. The zero-order chi connectivity index (χ0) is 17.7. The van der Waals surface area contributed by atoms with Crippen molar-refractivity contribution < 1.29 is 19.4 Å². The van der Waals surface area contributed by atoms with Crippen LogP contribution in [0, 0.1) is 0 Å². The van der Waals surface area contributed by atoms with Gasteiger partial charge in [0.25, 0.3) is 0 Å². The topological polar surface area (TPSA) is 79.7 Å². The minimum Gasteiger partial charge on any atom is -0.478 e. The highest BCUT2D eigenvalue weighted by Gasteiger charge is 2.26. The van der Waals surface area contributed by atoms with Gasteiger partial charge in [0.15, 0.2) is 0 Å². The van der Waals surface area contributed by atoms with Crippen LogP contribution < -0.4 is 4.90 Å². The number of carbonyl (C=O) groups is 2. The molecule has 0 bridgehead atoms. The number of carbonyl (C=O) groups excluding carboxylic acids is 1. The predicted molar refractivity (Wildman–Crippen MR) is 90.1 cm³/mol. The van der Waals surface area contributed by atoms with E-state index < -0.39 is 17.7 Å². The van der Waals surface area contributed by atoms with E-state index in [0.717, 1.165) is 5.56 Å². The molecule has 0 fully saturated rings. The fraction of sp³-hybridized carbons (Fsp3) is 0.278. The zero-order valence-electron chi connectivity index (χ0n) is 13.9. The Morgan fingerprint density at radius 2 is 1.88 bits per heavy atom. The van der Waals surface area contributed by atoms with E-state index in [4.69, 9.17) is 4.74 Å². The summed E-state index contributed by atoms with van der Waals surface area (Å²) in [6.07, 6.45) is 2.65. The standard InChI is InChI=1S/C18H20N2O4/c1-18(2,3)24-17(23)20(12-13-7-6-10-19-11-13)15-9-5-4-8-14(15)16(21)22/h4-11H,12H2,1-3H3,(H,21,22). The molecule has 0 aliphatic carbocycles. The Labute approximate surface area is 140 Å². The Morgan fingerprint density at radius 1 is 1.17 bits per heavy atom. The fourth-order valence-corrected chi connectivity index (χ4v) is 2.13. The summed E-state index contributed by atoms with van der Waals surface area (Å²) >= 11 is 0. The third kappa shape index (κ3) is 4.55. The number of carboxylic acid groups (broad SMARTS) is 1. The summed E-state index contributed by atoms with van der Waals surface area (Å²) in [5, 5.41) is 9.40. The average Bonchev–Trinajstić information content (AvgIpc) is 2.52. The maximum absolute atomic E-state index is 12.6. The molecule has 1 aromatic heterocycles. The van der Waals surface area contributed by atoms with Gasteiger partial charge in [0.05, 0.1) is 17.8 Å². The number of hydrogen-bond acceptors (Lipinski definition) is 4. The van der Waals surface area contributed by atoms with Crippen molar-refractivity contribution in [2.45, 2.75) is 32.9 Å². The number of carboxylic acids is 1. The van der Waals surface area contributed by atoms with Crippen molar-refractivity contribution in [3.8, 4) is 0 Å². The number of rotatable bonds is 4. The molecule has 1 N–H and O–H groups in total. The molecular formula is C18H20N2O4. The lowest BCUT2D eigenvalue weighted by Crippen LogP contribution is -2.37. The van der Waals surface area contributed by atoms with Crippen LogP contribution in [-0.4, -0.2) is 27.8 Å². The van der Waals surface area contributed by atoms with Crippen molar-refractivity contribution >= 4 is 17.7 Å². The van der Waals surface area contributed by atoms with Crippen LogP contribution in [0.15, 0.2) is 48.8 Å². The van der Waals surface area contributed by atoms with Gasteiger partial charge in [0.1, 0.15) is 5.60 Å². The second-order valence-corrected chi connectivity index (χ2v) is 6.25. The first-order valence-corrected chi connectivity index (χ1v) is 7.49. The van der Waals surface area contributed by atoms with E-state index in [1.54, 1.807) is 57.4 Å². The molecule has 0 atom stereocenters. The molecule has 2 rings (SSSR count). The second kappa shape index (κ2) is 7.12. The van der Waals surface area contributed by atoms with Gasteiger partial charge in [-0.2, -0.15) is 0 Å². The van der Waals surface area contributed by atoms with Crippen LogP contribution in [0.5, 0.6) is 0 Å². The van der Waals surface area contributed by atoms with Crippen molar-refractivity contribution in [3.05, 3.63) is 59.9 Å². The molecule has 126 valence electrons. The van der Waals surface area contributed by atoms with Gasteiger partial charge in [0.2, 0.25) is 0 Å². The van der Waals surface area contributed by atoms with Crippen molar-refractivity contribution in [3.63, 3.8) is 0 Å². The van der Waals surface area contributed by atoms with Gasteiger partial charge in [-0.25, -0.2) is 9.59 Å². The lowest BCUT2D eigenvalue weighted by atomic mass is 10.1. The average molecular weight is 328 g/mol. The first-order valence-electron chi connectivity index (χ1n) is 7.49. The minimum atomic E-state index is -1.11. The smallest absolute Gasteiger partial charge is 0.415 e. The van der Waals surface area contributed by atoms with Gasteiger partial charge in [-0.05, 0) is 44.5 Å². The predicted octanol–water partition coefficient (Wildman–Crippen LogP) is 3.72. The summed E-state index contributed by atoms with van der Waals surface area (Å²) < 4.78 is 5.43. The molecule has 1 heterocycles. The molecule has 0 saturated carbocycles. The van der Waals surface area contributed by atoms with Gasteiger partial charge in [-0.3, -0.25) is 9.88 Å². The largest absolute Gasteiger partial charge is 0.478 e. The monoisotopic (exact) mass is 328 g/mol. The molecule has 0 spiro atoms. The molecule has 0 aliphatic heterocycles. The molecule has 0 saturated heterocycles. The number of aromatic carboxylic acids is 1. The lowest BCUT2D eigenvalue weighted by molar-refractivity contribution is 0.0577. The van der Waals surface area contributed by atoms with Crippen LogP contribution in [0.2, 0.25) is 0 Å². The molecule has 0 aliphatic rings. The van der Waals surface area contributed by atoms with Crippen molar-refractivity contribution in [1.82, 2.24) is 4.98 Å². The van der Waals surface area contributed by atoms with Gasteiger partial charge < -0.3 is 9.84 Å². The first-order chi connectivity index (χ1) is 11.3. The van der Waals surface area contributed by atoms with E-state index in [1.807, 2.05) is 6.07 Å². The molecule has 1 amide bonds. The van der Waals surface area contributed by atoms with Gasteiger partial charge >= 0.3 is 12.1 Å². The summed E-state index contributed by atoms with van der Waals surface area (Å²) in [7, 11) is 0. The Kier molecular flexibility index (Phi) is 5.18. The normalized spacial score (nSPS) is 11.0. The molecular weight excluding hydrogens is 308 g/mol. The number of hydrogen-bond donors (Lipinski definition) is 1. The maximum atomic E-state index is 12.6. The third-order valence-corrected chi connectivity index (χ3v) is 3.10. The molecule has 1 aromatic carbocycles. The fourth-order valence-electron chi connectivity index (χ4n) is 2.13. The Morgan fingerprint density at radius 3 is 2.46 bits per heavy atom. The number of nitrogens with zero attached hydrogens (tertiary/aromatic N) is 2. The summed E-state index contributed by atoms with van der Waals surface area (Å²) in [5.41, 5.74) is 0.390. The molecule has 0 radical (unpaired) electrons. The SMILES string of the molecule is CC(C)(C)OC(=O)N(Cc1cccnc1)c1ccccc1C(=O)O. The van der Waals surface area contributed by atoms with Crippen LogP contribution >= 0.6 is 0 Å². The number of para-hydroxylation sites is 1. The maximum Gasteiger partial charge on any atom is 0.415 e. The highest BCUT2D eigenvalue weighted by atomic mass is 16.6. The molecule has 6 nitrogen and oxygen atoms in total. The highest BCUT2D eigenvalue weighted by molar-refractivity contribution is 5.99. The number of aromatic nitrogens is 1. The number of ether oxygens (including phenoxy) is 1. The Hall–Kier alpha value is -2.89. The van der Waals surface area contributed by atoms with E-state index >= 15 is 0 Å². The molecule has 2 aromatic rings. The zero-order valence-corrected chi connectivity index (χ0v) is 13.9. The van der Waals surface area contributed by atoms with Crippen molar-refractivity contribution in [2.75, 3.05) is 4.90 Å². The first kappa shape index (κ1) is 17.5. The van der Waals surface area contributed by atoms with Gasteiger partial charge in [-0.15, -0.1) is 0 Å². The van der Waals surface area contributed by atoms with E-state index in [1.165, 1.54) is 11.0 Å². The summed E-state index contributed by atoms with van der Waals surface area (Å²) in [4.78, 5) is 29.5. The van der Waals surface area contributed by atoms with Gasteiger partial charge in [-0.1, -0.05) is 18.2 Å². The molecule has 0 unspecified atom stereocenters. The van der Waals surface area contributed by atoms with Crippen LogP contribution in [-0.2, 0) is 11.3 Å². The Bertz CT molecular complexity index is 723. The molecule has 24 heavy (non-hydrogen) atoms. The summed E-state index contributed by atoms with van der Waals surface area (Å²) in [6, 6.07) is 9.91. The second-order valence-electron chi connectivity index (χ2n) is 6.25. The van der Waals surface area contributed by atoms with Crippen LogP contribution in [0.4, 0.5) is 10.5 Å². The minimum absolute atomic E-state index is 0.0345. The van der Waals surface area contributed by atoms with Crippen LogP contribution in [0.1, 0.15) is 36.7 Å². The van der Waals surface area contributed by atoms with E-state index in [2.05, 4.69) is 4.98 Å².